The van der Waals surface area contributed by atoms with Gasteiger partial charge in [0, 0.05) is 30.7 Å². The van der Waals surface area contributed by atoms with Gasteiger partial charge in [-0.05, 0) is 25.0 Å². The molecule has 1 aliphatic heterocycles. The number of amides is 1. The lowest BCUT2D eigenvalue weighted by Crippen LogP contribution is -2.52. The van der Waals surface area contributed by atoms with Crippen LogP contribution in [0.25, 0.3) is 10.9 Å². The molecule has 1 saturated heterocycles. The summed E-state index contributed by atoms with van der Waals surface area (Å²) in [5.74, 6) is -0.406. The second-order valence-electron chi connectivity index (χ2n) is 7.31. The molecule has 0 radical (unpaired) electrons. The van der Waals surface area contributed by atoms with Crippen molar-refractivity contribution in [3.05, 3.63) is 36.5 Å². The molecule has 1 aromatic heterocycles. The summed E-state index contributed by atoms with van der Waals surface area (Å²) in [7, 11) is -3.84. The molecule has 28 heavy (non-hydrogen) atoms. The number of ether oxygens (including phenoxy) is 1. The minimum absolute atomic E-state index is 0.0774. The average molecular weight is 404 g/mol. The number of carbonyl (C=O) groups is 1. The first kappa shape index (κ1) is 19.3. The molecule has 150 valence electrons. The molecular formula is C20H25N3O4S. The highest BCUT2D eigenvalue weighted by Crippen LogP contribution is 2.34. The fourth-order valence-corrected chi connectivity index (χ4v) is 6.11. The van der Waals surface area contributed by atoms with Crippen molar-refractivity contribution < 1.29 is 17.9 Å². The second kappa shape index (κ2) is 8.14. The van der Waals surface area contributed by atoms with Crippen LogP contribution in [0.2, 0.25) is 0 Å². The Morgan fingerprint density at radius 1 is 1.11 bits per heavy atom. The van der Waals surface area contributed by atoms with Gasteiger partial charge in [-0.2, -0.15) is 4.31 Å². The molecule has 1 aromatic carbocycles. The van der Waals surface area contributed by atoms with Crippen molar-refractivity contribution in [2.45, 2.75) is 36.6 Å². The predicted molar refractivity (Wildman–Crippen MR) is 105 cm³/mol. The molecule has 2 atom stereocenters. The van der Waals surface area contributed by atoms with Gasteiger partial charge < -0.3 is 10.1 Å². The first-order valence-corrected chi connectivity index (χ1v) is 11.2. The van der Waals surface area contributed by atoms with Crippen LogP contribution in [0.5, 0.6) is 0 Å². The number of carbonyl (C=O) groups excluding carboxylic acids is 1. The minimum atomic E-state index is -3.84. The van der Waals surface area contributed by atoms with E-state index in [1.807, 2.05) is 12.1 Å². The number of rotatable bonds is 2. The van der Waals surface area contributed by atoms with Gasteiger partial charge in [0.05, 0.1) is 24.6 Å². The third-order valence-electron chi connectivity index (χ3n) is 5.62. The summed E-state index contributed by atoms with van der Waals surface area (Å²) in [4.78, 5) is 17.2. The maximum Gasteiger partial charge on any atom is 0.245 e. The van der Waals surface area contributed by atoms with Gasteiger partial charge in [-0.1, -0.05) is 31.0 Å². The third-order valence-corrected chi connectivity index (χ3v) is 7.58. The molecule has 1 saturated carbocycles. The molecule has 2 aromatic rings. The summed E-state index contributed by atoms with van der Waals surface area (Å²) in [6.45, 7) is 1.38. The normalized spacial score (nSPS) is 25.1. The van der Waals surface area contributed by atoms with Crippen molar-refractivity contribution in [2.24, 2.45) is 5.92 Å². The van der Waals surface area contributed by atoms with Gasteiger partial charge in [0.25, 0.3) is 0 Å². The SMILES string of the molecule is O=C1NCCOCCN(S(=O)(=O)c2cccc3cccnc23)C2CCCCC12. The molecule has 2 fully saturated rings. The number of sulfonamides is 1. The molecule has 2 aliphatic rings. The Kier molecular flexibility index (Phi) is 5.61. The summed E-state index contributed by atoms with van der Waals surface area (Å²) in [6, 6.07) is 8.47. The zero-order chi connectivity index (χ0) is 19.6. The Bertz CT molecular complexity index is 958. The van der Waals surface area contributed by atoms with E-state index in [1.165, 1.54) is 4.31 Å². The quantitative estimate of drug-likeness (QED) is 0.828. The molecule has 1 aliphatic carbocycles. The van der Waals surface area contributed by atoms with Gasteiger partial charge in [0.15, 0.2) is 0 Å². The molecule has 2 heterocycles. The van der Waals surface area contributed by atoms with Crippen molar-refractivity contribution in [3.8, 4) is 0 Å². The third kappa shape index (κ3) is 3.64. The Labute approximate surface area is 165 Å². The number of pyridine rings is 1. The standard InChI is InChI=1S/C20H25N3O4S/c24-20-16-7-1-2-8-17(16)23(12-14-27-13-11-22-20)28(25,26)18-9-3-5-15-6-4-10-21-19(15)18/h3-6,9-10,16-17H,1-2,7-8,11-14H2,(H,22,24). The lowest BCUT2D eigenvalue weighted by molar-refractivity contribution is -0.128. The van der Waals surface area contributed by atoms with E-state index < -0.39 is 10.0 Å². The number of aromatic nitrogens is 1. The van der Waals surface area contributed by atoms with Gasteiger partial charge in [0.2, 0.25) is 15.9 Å². The maximum absolute atomic E-state index is 13.7. The van der Waals surface area contributed by atoms with Crippen LogP contribution in [0.15, 0.2) is 41.4 Å². The van der Waals surface area contributed by atoms with E-state index in [4.69, 9.17) is 4.74 Å². The van der Waals surface area contributed by atoms with Crippen LogP contribution in [0.1, 0.15) is 25.7 Å². The van der Waals surface area contributed by atoms with Gasteiger partial charge in [0.1, 0.15) is 4.90 Å². The van der Waals surface area contributed by atoms with Crippen molar-refractivity contribution in [2.75, 3.05) is 26.3 Å². The number of fused-ring (bicyclic) bond motifs is 2. The number of nitrogens with one attached hydrogen (secondary N) is 1. The molecule has 7 nitrogen and oxygen atoms in total. The highest BCUT2D eigenvalue weighted by molar-refractivity contribution is 7.89. The van der Waals surface area contributed by atoms with Gasteiger partial charge in [-0.3, -0.25) is 9.78 Å². The van der Waals surface area contributed by atoms with E-state index in [0.29, 0.717) is 38.1 Å². The molecule has 4 rings (SSSR count). The van der Waals surface area contributed by atoms with E-state index >= 15 is 0 Å². The number of benzene rings is 1. The largest absolute Gasteiger partial charge is 0.378 e. The highest BCUT2D eigenvalue weighted by atomic mass is 32.2. The molecule has 0 spiro atoms. The molecule has 1 amide bonds. The van der Waals surface area contributed by atoms with Gasteiger partial charge >= 0.3 is 0 Å². The van der Waals surface area contributed by atoms with E-state index in [2.05, 4.69) is 10.3 Å². The smallest absolute Gasteiger partial charge is 0.245 e. The zero-order valence-electron chi connectivity index (χ0n) is 15.7. The zero-order valence-corrected chi connectivity index (χ0v) is 16.5. The predicted octanol–water partition coefficient (Wildman–Crippen LogP) is 1.93. The van der Waals surface area contributed by atoms with Crippen LogP contribution in [0, 0.1) is 5.92 Å². The van der Waals surface area contributed by atoms with Gasteiger partial charge in [-0.15, -0.1) is 0 Å². The summed E-state index contributed by atoms with van der Waals surface area (Å²) < 4.78 is 34.5. The summed E-state index contributed by atoms with van der Waals surface area (Å²) in [5.41, 5.74) is 0.458. The Hall–Kier alpha value is -2.03. The number of para-hydroxylation sites is 1. The lowest BCUT2D eigenvalue weighted by Gasteiger charge is -2.39. The molecule has 0 bridgehead atoms. The van der Waals surface area contributed by atoms with Crippen LogP contribution in [0.4, 0.5) is 0 Å². The van der Waals surface area contributed by atoms with Crippen molar-refractivity contribution in [1.82, 2.24) is 14.6 Å². The van der Waals surface area contributed by atoms with Crippen molar-refractivity contribution >= 4 is 26.8 Å². The highest BCUT2D eigenvalue weighted by Gasteiger charge is 2.41. The Morgan fingerprint density at radius 2 is 1.93 bits per heavy atom. The topological polar surface area (TPSA) is 88.6 Å². The molecule has 8 heteroatoms. The fraction of sp³-hybridized carbons (Fsp3) is 0.500. The lowest BCUT2D eigenvalue weighted by atomic mass is 9.83. The van der Waals surface area contributed by atoms with E-state index in [-0.39, 0.29) is 29.3 Å². The van der Waals surface area contributed by atoms with Crippen LogP contribution in [-0.2, 0) is 19.6 Å². The van der Waals surface area contributed by atoms with E-state index in [0.717, 1.165) is 18.2 Å². The molecular weight excluding hydrogens is 378 g/mol. The van der Waals surface area contributed by atoms with Crippen molar-refractivity contribution in [1.29, 1.82) is 0 Å². The summed E-state index contributed by atoms with van der Waals surface area (Å²) in [6.07, 6.45) is 4.83. The summed E-state index contributed by atoms with van der Waals surface area (Å²) in [5, 5.41) is 3.67. The second-order valence-corrected chi connectivity index (χ2v) is 9.17. The fourth-order valence-electron chi connectivity index (χ4n) is 4.27. The van der Waals surface area contributed by atoms with Gasteiger partial charge in [-0.25, -0.2) is 8.42 Å². The van der Waals surface area contributed by atoms with Crippen LogP contribution in [-0.4, -0.2) is 56.0 Å². The monoisotopic (exact) mass is 403 g/mol. The molecule has 1 N–H and O–H groups in total. The minimum Gasteiger partial charge on any atom is -0.378 e. The number of hydrogen-bond acceptors (Lipinski definition) is 5. The van der Waals surface area contributed by atoms with Crippen LogP contribution < -0.4 is 5.32 Å². The summed E-state index contributed by atoms with van der Waals surface area (Å²) >= 11 is 0. The first-order chi connectivity index (χ1) is 13.6. The maximum atomic E-state index is 13.7. The average Bonchev–Trinajstić information content (AvgIpc) is 2.72. The van der Waals surface area contributed by atoms with Crippen LogP contribution >= 0.6 is 0 Å². The Balaban J connectivity index is 1.79. The van der Waals surface area contributed by atoms with Crippen LogP contribution in [0.3, 0.4) is 0 Å². The van der Waals surface area contributed by atoms with E-state index in [9.17, 15) is 13.2 Å². The first-order valence-electron chi connectivity index (χ1n) is 9.80. The molecule has 2 unspecified atom stereocenters. The van der Waals surface area contributed by atoms with Crippen molar-refractivity contribution in [3.63, 3.8) is 0 Å². The number of nitrogens with zero attached hydrogens (tertiary/aromatic N) is 2. The number of hydrogen-bond donors (Lipinski definition) is 1. The van der Waals surface area contributed by atoms with E-state index in [1.54, 1.807) is 24.4 Å². The Morgan fingerprint density at radius 3 is 2.82 bits per heavy atom.